The van der Waals surface area contributed by atoms with Crippen LogP contribution >= 0.6 is 0 Å². The minimum Gasteiger partial charge on any atom is -0.455 e. The molecule has 7 heteroatoms. The van der Waals surface area contributed by atoms with E-state index in [0.29, 0.717) is 13.1 Å². The molecular weight excluding hydrogens is 406 g/mol. The largest absolute Gasteiger partial charge is 0.455 e. The summed E-state index contributed by atoms with van der Waals surface area (Å²) in [5, 5.41) is 2.78. The highest BCUT2D eigenvalue weighted by Crippen LogP contribution is 2.18. The number of carbonyl (C=O) groups is 3. The van der Waals surface area contributed by atoms with Gasteiger partial charge >= 0.3 is 5.97 Å². The van der Waals surface area contributed by atoms with E-state index in [9.17, 15) is 14.4 Å². The summed E-state index contributed by atoms with van der Waals surface area (Å²) in [6.45, 7) is 6.76. The third kappa shape index (κ3) is 7.20. The van der Waals surface area contributed by atoms with Gasteiger partial charge in [-0.15, -0.1) is 0 Å². The van der Waals surface area contributed by atoms with Gasteiger partial charge in [-0.3, -0.25) is 19.3 Å². The van der Waals surface area contributed by atoms with E-state index in [1.54, 1.807) is 4.90 Å². The van der Waals surface area contributed by atoms with Gasteiger partial charge in [0.15, 0.2) is 6.61 Å². The Morgan fingerprint density at radius 1 is 0.969 bits per heavy atom. The fraction of sp³-hybridized carbons (Fsp3) is 0.400. The van der Waals surface area contributed by atoms with Gasteiger partial charge in [0.25, 0.3) is 5.91 Å². The highest BCUT2D eigenvalue weighted by molar-refractivity contribution is 5.81. The third-order valence-corrected chi connectivity index (χ3v) is 5.56. The first-order valence-electron chi connectivity index (χ1n) is 10.9. The number of amides is 2. The monoisotopic (exact) mass is 437 g/mol. The number of rotatable bonds is 8. The van der Waals surface area contributed by atoms with Gasteiger partial charge in [-0.05, 0) is 18.1 Å². The molecule has 1 heterocycles. The van der Waals surface area contributed by atoms with Crippen molar-refractivity contribution in [1.82, 2.24) is 15.1 Å². The molecule has 0 bridgehead atoms. The van der Waals surface area contributed by atoms with Crippen LogP contribution in [0.15, 0.2) is 54.6 Å². The van der Waals surface area contributed by atoms with Crippen LogP contribution in [0.5, 0.6) is 0 Å². The molecule has 0 aromatic heterocycles. The summed E-state index contributed by atoms with van der Waals surface area (Å²) in [5.41, 5.74) is 3.17. The predicted molar refractivity (Wildman–Crippen MR) is 122 cm³/mol. The van der Waals surface area contributed by atoms with E-state index in [1.165, 1.54) is 12.5 Å². The van der Waals surface area contributed by atoms with Gasteiger partial charge in [0.05, 0.1) is 12.5 Å². The fourth-order valence-corrected chi connectivity index (χ4v) is 3.75. The SMILES string of the molecule is CC(=O)NC(CC(=O)OCC(=O)N1CCN(Cc2ccccc2)CC1)c1ccc(C)cc1. The predicted octanol–water partition coefficient (Wildman–Crippen LogP) is 2.45. The average Bonchev–Trinajstić information content (AvgIpc) is 2.78. The number of carbonyl (C=O) groups excluding carboxylic acids is 3. The average molecular weight is 438 g/mol. The second kappa shape index (κ2) is 11.4. The van der Waals surface area contributed by atoms with Crippen LogP contribution in [0.4, 0.5) is 0 Å². The van der Waals surface area contributed by atoms with Crippen LogP contribution in [0.3, 0.4) is 0 Å². The lowest BCUT2D eigenvalue weighted by molar-refractivity contribution is -0.153. The van der Waals surface area contributed by atoms with Crippen molar-refractivity contribution in [1.29, 1.82) is 0 Å². The van der Waals surface area contributed by atoms with Crippen molar-refractivity contribution in [3.8, 4) is 0 Å². The smallest absolute Gasteiger partial charge is 0.308 e. The normalized spacial score (nSPS) is 15.1. The molecule has 2 aromatic carbocycles. The fourth-order valence-electron chi connectivity index (χ4n) is 3.75. The maximum Gasteiger partial charge on any atom is 0.308 e. The standard InChI is InChI=1S/C25H31N3O4/c1-19-8-10-22(11-9-19)23(26-20(2)29)16-25(31)32-18-24(30)28-14-12-27(13-15-28)17-21-6-4-3-5-7-21/h3-11,23H,12-18H2,1-2H3,(H,26,29). The number of nitrogens with one attached hydrogen (secondary N) is 1. The van der Waals surface area contributed by atoms with E-state index in [0.717, 1.165) is 30.8 Å². The lowest BCUT2D eigenvalue weighted by Gasteiger charge is -2.34. The molecule has 3 rings (SSSR count). The Morgan fingerprint density at radius 3 is 2.25 bits per heavy atom. The van der Waals surface area contributed by atoms with Crippen LogP contribution < -0.4 is 5.32 Å². The van der Waals surface area contributed by atoms with E-state index in [-0.39, 0.29) is 24.8 Å². The molecule has 1 fully saturated rings. The van der Waals surface area contributed by atoms with E-state index in [1.807, 2.05) is 49.4 Å². The highest BCUT2D eigenvalue weighted by atomic mass is 16.5. The summed E-state index contributed by atoms with van der Waals surface area (Å²) in [6, 6.07) is 17.4. The van der Waals surface area contributed by atoms with Crippen LogP contribution in [0.2, 0.25) is 0 Å². The minimum atomic E-state index is -0.514. The van der Waals surface area contributed by atoms with Crippen molar-refractivity contribution in [2.24, 2.45) is 0 Å². The molecular formula is C25H31N3O4. The first-order valence-corrected chi connectivity index (χ1v) is 10.9. The highest BCUT2D eigenvalue weighted by Gasteiger charge is 2.23. The summed E-state index contributed by atoms with van der Waals surface area (Å²) in [5.74, 6) is -0.933. The van der Waals surface area contributed by atoms with Gasteiger partial charge in [0.1, 0.15) is 0 Å². The van der Waals surface area contributed by atoms with Gasteiger partial charge < -0.3 is 15.0 Å². The Labute approximate surface area is 189 Å². The quantitative estimate of drug-likeness (QED) is 0.642. The summed E-state index contributed by atoms with van der Waals surface area (Å²) in [7, 11) is 0. The zero-order valence-corrected chi connectivity index (χ0v) is 18.8. The molecule has 32 heavy (non-hydrogen) atoms. The molecule has 1 N–H and O–H groups in total. The molecule has 0 aliphatic carbocycles. The topological polar surface area (TPSA) is 78.9 Å². The number of hydrogen-bond acceptors (Lipinski definition) is 5. The van der Waals surface area contributed by atoms with E-state index in [4.69, 9.17) is 4.74 Å². The summed E-state index contributed by atoms with van der Waals surface area (Å²) in [4.78, 5) is 40.5. The van der Waals surface area contributed by atoms with E-state index in [2.05, 4.69) is 22.3 Å². The summed E-state index contributed by atoms with van der Waals surface area (Å²) >= 11 is 0. The van der Waals surface area contributed by atoms with Gasteiger partial charge in [-0.2, -0.15) is 0 Å². The minimum absolute atomic E-state index is 0.0270. The van der Waals surface area contributed by atoms with Crippen molar-refractivity contribution in [2.75, 3.05) is 32.8 Å². The van der Waals surface area contributed by atoms with Crippen LogP contribution in [0, 0.1) is 6.92 Å². The Hall–Kier alpha value is -3.19. The van der Waals surface area contributed by atoms with Crippen molar-refractivity contribution >= 4 is 17.8 Å². The first kappa shape index (κ1) is 23.5. The summed E-state index contributed by atoms with van der Waals surface area (Å²) < 4.78 is 5.24. The maximum atomic E-state index is 12.5. The molecule has 0 spiro atoms. The lowest BCUT2D eigenvalue weighted by Crippen LogP contribution is -2.49. The molecule has 1 saturated heterocycles. The second-order valence-corrected chi connectivity index (χ2v) is 8.17. The Balaban J connectivity index is 1.44. The Morgan fingerprint density at radius 2 is 1.62 bits per heavy atom. The molecule has 2 aromatic rings. The summed E-state index contributed by atoms with van der Waals surface area (Å²) in [6.07, 6.45) is -0.0270. The molecule has 1 atom stereocenters. The van der Waals surface area contributed by atoms with Crippen LogP contribution in [0.1, 0.15) is 36.1 Å². The first-order chi connectivity index (χ1) is 15.4. The number of aryl methyl sites for hydroxylation is 1. The van der Waals surface area contributed by atoms with Crippen molar-refractivity contribution in [3.63, 3.8) is 0 Å². The van der Waals surface area contributed by atoms with Gasteiger partial charge in [-0.1, -0.05) is 60.2 Å². The molecule has 0 radical (unpaired) electrons. The number of piperazine rings is 1. The third-order valence-electron chi connectivity index (χ3n) is 5.56. The Bertz CT molecular complexity index is 907. The number of ether oxygens (including phenoxy) is 1. The molecule has 1 unspecified atom stereocenters. The van der Waals surface area contributed by atoms with Crippen molar-refractivity contribution in [2.45, 2.75) is 32.9 Å². The number of nitrogens with zero attached hydrogens (tertiary/aromatic N) is 2. The molecule has 1 aliphatic heterocycles. The number of esters is 1. The Kier molecular flexibility index (Phi) is 8.39. The second-order valence-electron chi connectivity index (χ2n) is 8.17. The number of benzene rings is 2. The van der Waals surface area contributed by atoms with Crippen molar-refractivity contribution in [3.05, 3.63) is 71.3 Å². The number of hydrogen-bond donors (Lipinski definition) is 1. The van der Waals surface area contributed by atoms with Crippen LogP contribution in [-0.2, 0) is 25.7 Å². The van der Waals surface area contributed by atoms with Gasteiger partial charge in [-0.25, -0.2) is 0 Å². The zero-order valence-electron chi connectivity index (χ0n) is 18.8. The molecule has 2 amide bonds. The van der Waals surface area contributed by atoms with E-state index >= 15 is 0 Å². The van der Waals surface area contributed by atoms with Gasteiger partial charge in [0, 0.05) is 39.6 Å². The molecule has 0 saturated carbocycles. The molecule has 1 aliphatic rings. The zero-order chi connectivity index (χ0) is 22.9. The van der Waals surface area contributed by atoms with Crippen LogP contribution in [-0.4, -0.2) is 60.4 Å². The van der Waals surface area contributed by atoms with E-state index < -0.39 is 12.0 Å². The maximum absolute atomic E-state index is 12.5. The molecule has 7 nitrogen and oxygen atoms in total. The molecule has 170 valence electrons. The van der Waals surface area contributed by atoms with Gasteiger partial charge in [0.2, 0.25) is 5.91 Å². The lowest BCUT2D eigenvalue weighted by atomic mass is 10.0. The van der Waals surface area contributed by atoms with Crippen molar-refractivity contribution < 1.29 is 19.1 Å². The van der Waals surface area contributed by atoms with Crippen LogP contribution in [0.25, 0.3) is 0 Å².